The van der Waals surface area contributed by atoms with E-state index >= 15 is 0 Å². The van der Waals surface area contributed by atoms with Crippen LogP contribution in [0.25, 0.3) is 0 Å². The van der Waals surface area contributed by atoms with E-state index in [1.165, 1.54) is 0 Å². The van der Waals surface area contributed by atoms with E-state index in [9.17, 15) is 0 Å². The highest BCUT2D eigenvalue weighted by Gasteiger charge is 2.22. The molecular formula is C14H22N2O2. The van der Waals surface area contributed by atoms with Crippen LogP contribution >= 0.6 is 0 Å². The van der Waals surface area contributed by atoms with Crippen molar-refractivity contribution in [3.05, 3.63) is 24.3 Å². The van der Waals surface area contributed by atoms with E-state index in [1.54, 1.807) is 0 Å². The van der Waals surface area contributed by atoms with Gasteiger partial charge >= 0.3 is 0 Å². The normalized spacial score (nSPS) is 21.2. The van der Waals surface area contributed by atoms with Gasteiger partial charge in [-0.25, -0.2) is 0 Å². The molecule has 0 saturated carbocycles. The van der Waals surface area contributed by atoms with E-state index in [4.69, 9.17) is 15.2 Å². The molecule has 1 aliphatic heterocycles. The molecule has 0 bridgehead atoms. The lowest BCUT2D eigenvalue weighted by Crippen LogP contribution is -2.47. The SMILES string of the molecule is CC(C)N1CCO[C@@H](COc2ccc(N)cc2)C1. The first-order valence-electron chi connectivity index (χ1n) is 6.49. The molecule has 2 rings (SSSR count). The van der Waals surface area contributed by atoms with Crippen molar-refractivity contribution in [2.24, 2.45) is 0 Å². The Balaban J connectivity index is 1.81. The summed E-state index contributed by atoms with van der Waals surface area (Å²) in [6, 6.07) is 8.03. The number of rotatable bonds is 4. The number of nitrogen functional groups attached to an aromatic ring is 1. The van der Waals surface area contributed by atoms with Crippen molar-refractivity contribution >= 4 is 5.69 Å². The van der Waals surface area contributed by atoms with Gasteiger partial charge in [0.05, 0.1) is 6.61 Å². The minimum Gasteiger partial charge on any atom is -0.491 e. The Labute approximate surface area is 109 Å². The Kier molecular flexibility index (Phi) is 4.44. The quantitative estimate of drug-likeness (QED) is 0.827. The average Bonchev–Trinajstić information content (AvgIpc) is 2.38. The van der Waals surface area contributed by atoms with E-state index in [0.717, 1.165) is 31.1 Å². The van der Waals surface area contributed by atoms with Crippen LogP contribution in [0.4, 0.5) is 5.69 Å². The predicted molar refractivity (Wildman–Crippen MR) is 72.8 cm³/mol. The molecule has 1 saturated heterocycles. The summed E-state index contributed by atoms with van der Waals surface area (Å²) in [5.41, 5.74) is 6.38. The highest BCUT2D eigenvalue weighted by molar-refractivity contribution is 5.41. The first-order chi connectivity index (χ1) is 8.65. The Morgan fingerprint density at radius 2 is 2.11 bits per heavy atom. The van der Waals surface area contributed by atoms with Crippen molar-refractivity contribution in [1.29, 1.82) is 0 Å². The molecule has 4 nitrogen and oxygen atoms in total. The van der Waals surface area contributed by atoms with Crippen molar-refractivity contribution in [2.75, 3.05) is 32.0 Å². The molecule has 2 N–H and O–H groups in total. The molecule has 1 fully saturated rings. The third-order valence-electron chi connectivity index (χ3n) is 3.22. The molecule has 18 heavy (non-hydrogen) atoms. The van der Waals surface area contributed by atoms with Gasteiger partial charge in [0, 0.05) is 24.8 Å². The van der Waals surface area contributed by atoms with Crippen LogP contribution < -0.4 is 10.5 Å². The Morgan fingerprint density at radius 3 is 2.78 bits per heavy atom. The Hall–Kier alpha value is -1.26. The highest BCUT2D eigenvalue weighted by atomic mass is 16.5. The summed E-state index contributed by atoms with van der Waals surface area (Å²) >= 11 is 0. The van der Waals surface area contributed by atoms with E-state index in [0.29, 0.717) is 12.6 Å². The monoisotopic (exact) mass is 250 g/mol. The summed E-state index contributed by atoms with van der Waals surface area (Å²) in [4.78, 5) is 2.42. The van der Waals surface area contributed by atoms with Gasteiger partial charge in [-0.1, -0.05) is 0 Å². The van der Waals surface area contributed by atoms with Crippen LogP contribution in [0.1, 0.15) is 13.8 Å². The third-order valence-corrected chi connectivity index (χ3v) is 3.22. The molecular weight excluding hydrogens is 228 g/mol. The van der Waals surface area contributed by atoms with Crippen LogP contribution in [0.2, 0.25) is 0 Å². The van der Waals surface area contributed by atoms with Crippen molar-refractivity contribution < 1.29 is 9.47 Å². The van der Waals surface area contributed by atoms with Crippen molar-refractivity contribution in [1.82, 2.24) is 4.90 Å². The number of hydrogen-bond acceptors (Lipinski definition) is 4. The summed E-state index contributed by atoms with van der Waals surface area (Å²) in [6.45, 7) is 7.75. The minimum atomic E-state index is 0.152. The number of morpholine rings is 1. The van der Waals surface area contributed by atoms with E-state index in [2.05, 4.69) is 18.7 Å². The van der Waals surface area contributed by atoms with E-state index in [1.807, 2.05) is 24.3 Å². The summed E-state index contributed by atoms with van der Waals surface area (Å²) in [6.07, 6.45) is 0.152. The van der Waals surface area contributed by atoms with Crippen molar-refractivity contribution in [3.63, 3.8) is 0 Å². The van der Waals surface area contributed by atoms with E-state index in [-0.39, 0.29) is 6.10 Å². The molecule has 0 radical (unpaired) electrons. The van der Waals surface area contributed by atoms with Crippen LogP contribution in [0.15, 0.2) is 24.3 Å². The molecule has 0 unspecified atom stereocenters. The molecule has 1 aliphatic rings. The lowest BCUT2D eigenvalue weighted by Gasteiger charge is -2.35. The molecule has 100 valence electrons. The number of nitrogens with zero attached hydrogens (tertiary/aromatic N) is 1. The van der Waals surface area contributed by atoms with Crippen LogP contribution in [-0.4, -0.2) is 43.3 Å². The third kappa shape index (κ3) is 3.62. The van der Waals surface area contributed by atoms with Gasteiger partial charge in [0.1, 0.15) is 18.5 Å². The zero-order chi connectivity index (χ0) is 13.0. The van der Waals surface area contributed by atoms with Gasteiger partial charge in [-0.2, -0.15) is 0 Å². The van der Waals surface area contributed by atoms with Crippen LogP contribution in [0, 0.1) is 0 Å². The number of benzene rings is 1. The fourth-order valence-corrected chi connectivity index (χ4v) is 2.07. The molecule has 0 aliphatic carbocycles. The molecule has 0 aromatic heterocycles. The fraction of sp³-hybridized carbons (Fsp3) is 0.571. The molecule has 0 spiro atoms. The van der Waals surface area contributed by atoms with Crippen LogP contribution in [0.5, 0.6) is 5.75 Å². The summed E-state index contributed by atoms with van der Waals surface area (Å²) in [5.74, 6) is 0.842. The smallest absolute Gasteiger partial charge is 0.119 e. The molecule has 1 aromatic rings. The van der Waals surface area contributed by atoms with E-state index < -0.39 is 0 Å². The first-order valence-corrected chi connectivity index (χ1v) is 6.49. The number of ether oxygens (including phenoxy) is 2. The van der Waals surface area contributed by atoms with Gasteiger partial charge in [-0.15, -0.1) is 0 Å². The number of hydrogen-bond donors (Lipinski definition) is 1. The standard InChI is InChI=1S/C14H22N2O2/c1-11(2)16-7-8-17-14(9-16)10-18-13-5-3-12(15)4-6-13/h3-6,11,14H,7-10,15H2,1-2H3/t14-/m1/s1. The van der Waals surface area contributed by atoms with Crippen LogP contribution in [0.3, 0.4) is 0 Å². The maximum atomic E-state index is 5.72. The molecule has 4 heteroatoms. The zero-order valence-electron chi connectivity index (χ0n) is 11.1. The maximum absolute atomic E-state index is 5.72. The number of anilines is 1. The zero-order valence-corrected chi connectivity index (χ0v) is 11.1. The second kappa shape index (κ2) is 6.07. The maximum Gasteiger partial charge on any atom is 0.119 e. The Bertz CT molecular complexity index is 365. The molecule has 0 amide bonds. The number of nitrogens with two attached hydrogens (primary N) is 1. The van der Waals surface area contributed by atoms with Crippen molar-refractivity contribution in [2.45, 2.75) is 26.0 Å². The largest absolute Gasteiger partial charge is 0.491 e. The fourth-order valence-electron chi connectivity index (χ4n) is 2.07. The van der Waals surface area contributed by atoms with Gasteiger partial charge in [0.2, 0.25) is 0 Å². The second-order valence-electron chi connectivity index (χ2n) is 4.96. The highest BCUT2D eigenvalue weighted by Crippen LogP contribution is 2.15. The Morgan fingerprint density at radius 1 is 1.39 bits per heavy atom. The molecule has 1 atom stereocenters. The van der Waals surface area contributed by atoms with Gasteiger partial charge in [0.25, 0.3) is 0 Å². The molecule has 1 heterocycles. The topological polar surface area (TPSA) is 47.7 Å². The second-order valence-corrected chi connectivity index (χ2v) is 4.96. The van der Waals surface area contributed by atoms with Crippen LogP contribution in [-0.2, 0) is 4.74 Å². The van der Waals surface area contributed by atoms with Gasteiger partial charge in [-0.3, -0.25) is 4.90 Å². The van der Waals surface area contributed by atoms with Gasteiger partial charge < -0.3 is 15.2 Å². The average molecular weight is 250 g/mol. The first kappa shape index (κ1) is 13.2. The summed E-state index contributed by atoms with van der Waals surface area (Å²) < 4.78 is 11.4. The minimum absolute atomic E-state index is 0.152. The lowest BCUT2D eigenvalue weighted by atomic mass is 10.2. The summed E-state index contributed by atoms with van der Waals surface area (Å²) in [7, 11) is 0. The lowest BCUT2D eigenvalue weighted by molar-refractivity contribution is -0.0564. The van der Waals surface area contributed by atoms with Crippen molar-refractivity contribution in [3.8, 4) is 5.75 Å². The molecule has 1 aromatic carbocycles. The summed E-state index contributed by atoms with van der Waals surface area (Å²) in [5, 5.41) is 0. The van der Waals surface area contributed by atoms with Gasteiger partial charge in [-0.05, 0) is 38.1 Å². The predicted octanol–water partition coefficient (Wildman–Crippen LogP) is 1.76. The van der Waals surface area contributed by atoms with Gasteiger partial charge in [0.15, 0.2) is 0 Å².